The van der Waals surface area contributed by atoms with E-state index >= 15 is 0 Å². The van der Waals surface area contributed by atoms with E-state index in [9.17, 15) is 0 Å². The van der Waals surface area contributed by atoms with Gasteiger partial charge in [0.2, 0.25) is 0 Å². The van der Waals surface area contributed by atoms with Crippen LogP contribution in [0.25, 0.3) is 0 Å². The first-order valence-corrected chi connectivity index (χ1v) is 5.15. The zero-order valence-electron chi connectivity index (χ0n) is 7.05. The quantitative estimate of drug-likeness (QED) is 0.658. The Labute approximate surface area is 76.9 Å². The molecule has 0 amide bonds. The highest BCUT2D eigenvalue weighted by Gasteiger charge is 2.22. The summed E-state index contributed by atoms with van der Waals surface area (Å²) in [6.07, 6.45) is 2.28. The molecule has 1 atom stereocenters. The Kier molecular flexibility index (Phi) is 2.03. The molecule has 0 saturated carbocycles. The number of thiophene rings is 1. The molecule has 1 aromatic heterocycles. The summed E-state index contributed by atoms with van der Waals surface area (Å²) in [5.41, 5.74) is 8.51. The Morgan fingerprint density at radius 1 is 1.58 bits per heavy atom. The lowest BCUT2D eigenvalue weighted by Crippen LogP contribution is -2.18. The fraction of sp³-hybridized carbons (Fsp3) is 0.400. The van der Waals surface area contributed by atoms with Crippen LogP contribution in [0.2, 0.25) is 0 Å². The molecule has 12 heavy (non-hydrogen) atoms. The van der Waals surface area contributed by atoms with Crippen molar-refractivity contribution in [2.45, 2.75) is 18.8 Å². The molecular formula is C10H13NS. The van der Waals surface area contributed by atoms with Crippen molar-refractivity contribution in [1.29, 1.82) is 0 Å². The first-order valence-electron chi connectivity index (χ1n) is 4.27. The molecule has 0 aliphatic heterocycles. The highest BCUT2D eigenvalue weighted by atomic mass is 32.1. The van der Waals surface area contributed by atoms with Gasteiger partial charge in [0.1, 0.15) is 0 Å². The summed E-state index contributed by atoms with van der Waals surface area (Å²) in [4.78, 5) is 1.45. The van der Waals surface area contributed by atoms with Gasteiger partial charge in [-0.15, -0.1) is 11.3 Å². The van der Waals surface area contributed by atoms with Gasteiger partial charge in [0.25, 0.3) is 0 Å². The van der Waals surface area contributed by atoms with Crippen molar-refractivity contribution in [3.63, 3.8) is 0 Å². The molecule has 0 spiro atoms. The molecule has 1 aliphatic carbocycles. The van der Waals surface area contributed by atoms with E-state index in [1.165, 1.54) is 16.0 Å². The minimum Gasteiger partial charge on any atom is -0.330 e. The molecule has 0 radical (unpaired) electrons. The van der Waals surface area contributed by atoms with Gasteiger partial charge in [-0.1, -0.05) is 12.2 Å². The third kappa shape index (κ3) is 1.11. The maximum Gasteiger partial charge on any atom is 0.0265 e. The summed E-state index contributed by atoms with van der Waals surface area (Å²) < 4.78 is 0. The van der Waals surface area contributed by atoms with Crippen LogP contribution in [0, 0.1) is 0 Å². The molecule has 0 aromatic carbocycles. The van der Waals surface area contributed by atoms with Gasteiger partial charge in [0.15, 0.2) is 0 Å². The van der Waals surface area contributed by atoms with Crippen LogP contribution in [0.3, 0.4) is 0 Å². The molecule has 2 rings (SSSR count). The monoisotopic (exact) mass is 179 g/mol. The number of hydrogen-bond donors (Lipinski definition) is 1. The zero-order chi connectivity index (χ0) is 8.55. The minimum atomic E-state index is 0.439. The van der Waals surface area contributed by atoms with Crippen LogP contribution in [0.4, 0.5) is 0 Å². The van der Waals surface area contributed by atoms with Gasteiger partial charge in [-0.3, -0.25) is 0 Å². The minimum absolute atomic E-state index is 0.439. The van der Waals surface area contributed by atoms with Crippen LogP contribution in [0.15, 0.2) is 23.6 Å². The standard InChI is InChI=1S/C10H13NS/c1-7-2-3-8-4-5-12-10(8)9(7)6-11/h4-5,9H,1-3,6,11H2/t9-/m0/s1. The van der Waals surface area contributed by atoms with Crippen LogP contribution < -0.4 is 5.73 Å². The maximum atomic E-state index is 5.71. The summed E-state index contributed by atoms with van der Waals surface area (Å²) in [5, 5.41) is 2.16. The highest BCUT2D eigenvalue weighted by Crippen LogP contribution is 2.37. The second-order valence-electron chi connectivity index (χ2n) is 3.26. The highest BCUT2D eigenvalue weighted by molar-refractivity contribution is 7.10. The van der Waals surface area contributed by atoms with Crippen LogP contribution >= 0.6 is 11.3 Å². The molecule has 0 unspecified atom stereocenters. The first-order chi connectivity index (χ1) is 5.83. The number of nitrogens with two attached hydrogens (primary N) is 1. The SMILES string of the molecule is C=C1CCc2ccsc2[C@H]1CN. The smallest absolute Gasteiger partial charge is 0.0265 e. The lowest BCUT2D eigenvalue weighted by Gasteiger charge is -2.23. The summed E-state index contributed by atoms with van der Waals surface area (Å²) in [5.74, 6) is 0.439. The Balaban J connectivity index is 2.41. The van der Waals surface area contributed by atoms with Gasteiger partial charge >= 0.3 is 0 Å². The van der Waals surface area contributed by atoms with Gasteiger partial charge in [0.05, 0.1) is 0 Å². The zero-order valence-corrected chi connectivity index (χ0v) is 7.86. The molecule has 2 N–H and O–H groups in total. The van der Waals surface area contributed by atoms with E-state index in [4.69, 9.17) is 5.73 Å². The molecule has 1 aliphatic rings. The molecule has 1 nitrogen and oxygen atoms in total. The average Bonchev–Trinajstić information content (AvgIpc) is 2.52. The average molecular weight is 179 g/mol. The topological polar surface area (TPSA) is 26.0 Å². The van der Waals surface area contributed by atoms with Crippen LogP contribution in [0.5, 0.6) is 0 Å². The predicted molar refractivity (Wildman–Crippen MR) is 53.6 cm³/mol. The normalized spacial score (nSPS) is 22.4. The van der Waals surface area contributed by atoms with E-state index in [1.54, 1.807) is 0 Å². The predicted octanol–water partition coefficient (Wildman–Crippen LogP) is 2.29. The van der Waals surface area contributed by atoms with Crippen LogP contribution in [-0.4, -0.2) is 6.54 Å². The van der Waals surface area contributed by atoms with Crippen molar-refractivity contribution in [3.05, 3.63) is 34.0 Å². The Hall–Kier alpha value is -0.600. The van der Waals surface area contributed by atoms with E-state index in [0.29, 0.717) is 12.5 Å². The van der Waals surface area contributed by atoms with Crippen molar-refractivity contribution in [2.24, 2.45) is 5.73 Å². The molecule has 2 heteroatoms. The Morgan fingerprint density at radius 2 is 2.42 bits per heavy atom. The van der Waals surface area contributed by atoms with Crippen molar-refractivity contribution < 1.29 is 0 Å². The number of hydrogen-bond acceptors (Lipinski definition) is 2. The second-order valence-corrected chi connectivity index (χ2v) is 4.20. The molecule has 64 valence electrons. The molecule has 0 bridgehead atoms. The van der Waals surface area contributed by atoms with Crippen molar-refractivity contribution >= 4 is 11.3 Å². The van der Waals surface area contributed by atoms with E-state index in [-0.39, 0.29) is 0 Å². The molecule has 0 fully saturated rings. The third-order valence-electron chi connectivity index (χ3n) is 2.54. The van der Waals surface area contributed by atoms with E-state index in [2.05, 4.69) is 18.0 Å². The molecular weight excluding hydrogens is 166 g/mol. The van der Waals surface area contributed by atoms with Crippen molar-refractivity contribution in [2.75, 3.05) is 6.54 Å². The molecule has 1 heterocycles. The summed E-state index contributed by atoms with van der Waals surface area (Å²) in [6.45, 7) is 4.79. The van der Waals surface area contributed by atoms with Gasteiger partial charge in [-0.25, -0.2) is 0 Å². The van der Waals surface area contributed by atoms with Crippen LogP contribution in [0.1, 0.15) is 22.8 Å². The fourth-order valence-electron chi connectivity index (χ4n) is 1.79. The van der Waals surface area contributed by atoms with E-state index < -0.39 is 0 Å². The molecule has 1 aromatic rings. The third-order valence-corrected chi connectivity index (χ3v) is 3.61. The Morgan fingerprint density at radius 3 is 3.17 bits per heavy atom. The summed E-state index contributed by atoms with van der Waals surface area (Å²) in [7, 11) is 0. The fourth-order valence-corrected chi connectivity index (χ4v) is 2.92. The van der Waals surface area contributed by atoms with Crippen molar-refractivity contribution in [3.8, 4) is 0 Å². The Bertz CT molecular complexity index is 301. The summed E-state index contributed by atoms with van der Waals surface area (Å²) >= 11 is 1.82. The van der Waals surface area contributed by atoms with E-state index in [1.807, 2.05) is 11.3 Å². The second kappa shape index (κ2) is 3.04. The summed E-state index contributed by atoms with van der Waals surface area (Å²) in [6, 6.07) is 2.22. The van der Waals surface area contributed by atoms with Crippen LogP contribution in [-0.2, 0) is 6.42 Å². The van der Waals surface area contributed by atoms with Crippen molar-refractivity contribution in [1.82, 2.24) is 0 Å². The number of fused-ring (bicyclic) bond motifs is 1. The lowest BCUT2D eigenvalue weighted by atomic mass is 9.86. The molecule has 0 saturated heterocycles. The van der Waals surface area contributed by atoms with Gasteiger partial charge in [0, 0.05) is 17.3 Å². The first kappa shape index (κ1) is 8.02. The largest absolute Gasteiger partial charge is 0.330 e. The van der Waals surface area contributed by atoms with Gasteiger partial charge < -0.3 is 5.73 Å². The number of rotatable bonds is 1. The lowest BCUT2D eigenvalue weighted by molar-refractivity contribution is 0.713. The number of aryl methyl sites for hydroxylation is 1. The van der Waals surface area contributed by atoms with Gasteiger partial charge in [-0.2, -0.15) is 0 Å². The van der Waals surface area contributed by atoms with Gasteiger partial charge in [-0.05, 0) is 29.9 Å². The maximum absolute atomic E-state index is 5.71. The van der Waals surface area contributed by atoms with E-state index in [0.717, 1.165) is 12.8 Å².